The SMILES string of the molecule is N#CC=C1C=CC=CC1[PH+](c1ccccc1)c1ccccc1.[Cl-]. The Morgan fingerprint density at radius 1 is 0.870 bits per heavy atom. The largest absolute Gasteiger partial charge is 1.00 e. The second-order valence-corrected chi connectivity index (χ2v) is 7.74. The van der Waals surface area contributed by atoms with E-state index >= 15 is 0 Å². The first kappa shape index (κ1) is 17.2. The van der Waals surface area contributed by atoms with E-state index in [1.54, 1.807) is 6.08 Å². The summed E-state index contributed by atoms with van der Waals surface area (Å²) < 4.78 is 0. The Balaban J connectivity index is 0.00000192. The van der Waals surface area contributed by atoms with Crippen molar-refractivity contribution in [1.29, 1.82) is 5.26 Å². The molecule has 1 aliphatic rings. The van der Waals surface area contributed by atoms with E-state index in [0.717, 1.165) is 5.57 Å². The van der Waals surface area contributed by atoms with Gasteiger partial charge in [-0.1, -0.05) is 54.6 Å². The van der Waals surface area contributed by atoms with Crippen LogP contribution in [0.3, 0.4) is 0 Å². The van der Waals surface area contributed by atoms with E-state index in [2.05, 4.69) is 85.0 Å². The van der Waals surface area contributed by atoms with Gasteiger partial charge in [0.25, 0.3) is 0 Å². The Bertz CT molecular complexity index is 718. The molecule has 0 spiro atoms. The number of rotatable bonds is 3. The summed E-state index contributed by atoms with van der Waals surface area (Å²) in [7, 11) is -1.03. The quantitative estimate of drug-likeness (QED) is 0.600. The van der Waals surface area contributed by atoms with E-state index in [9.17, 15) is 0 Å². The molecule has 2 aromatic rings. The molecule has 3 rings (SSSR count). The molecular weight excluding hydrogens is 321 g/mol. The van der Waals surface area contributed by atoms with Gasteiger partial charge in [-0.05, 0) is 30.3 Å². The van der Waals surface area contributed by atoms with Crippen LogP contribution < -0.4 is 23.0 Å². The topological polar surface area (TPSA) is 23.8 Å². The summed E-state index contributed by atoms with van der Waals surface area (Å²) in [6.45, 7) is 0. The third-order valence-corrected chi connectivity index (χ3v) is 6.83. The van der Waals surface area contributed by atoms with Crippen molar-refractivity contribution in [2.24, 2.45) is 0 Å². The molecule has 0 saturated heterocycles. The Morgan fingerprint density at radius 3 is 1.96 bits per heavy atom. The Labute approximate surface area is 144 Å². The minimum atomic E-state index is -1.03. The van der Waals surface area contributed by atoms with Gasteiger partial charge in [0.05, 0.1) is 24.6 Å². The van der Waals surface area contributed by atoms with E-state index in [4.69, 9.17) is 5.26 Å². The molecule has 0 aromatic heterocycles. The molecule has 1 atom stereocenters. The second kappa shape index (κ2) is 8.49. The van der Waals surface area contributed by atoms with E-state index in [1.165, 1.54) is 10.6 Å². The normalized spacial score (nSPS) is 17.7. The molecule has 0 heterocycles. The van der Waals surface area contributed by atoms with Crippen LogP contribution in [0.25, 0.3) is 0 Å². The monoisotopic (exact) mass is 337 g/mol. The van der Waals surface area contributed by atoms with Crippen molar-refractivity contribution in [2.45, 2.75) is 5.66 Å². The van der Waals surface area contributed by atoms with E-state index in [0.29, 0.717) is 0 Å². The lowest BCUT2D eigenvalue weighted by molar-refractivity contribution is -0.00000440. The molecule has 1 aliphatic carbocycles. The predicted molar refractivity (Wildman–Crippen MR) is 96.2 cm³/mol. The van der Waals surface area contributed by atoms with Gasteiger partial charge in [-0.2, -0.15) is 5.26 Å². The van der Waals surface area contributed by atoms with Crippen LogP contribution in [0.15, 0.2) is 96.6 Å². The zero-order chi connectivity index (χ0) is 15.2. The summed E-state index contributed by atoms with van der Waals surface area (Å²) in [5.41, 5.74) is 1.38. The third kappa shape index (κ3) is 3.99. The molecule has 0 radical (unpaired) electrons. The molecule has 0 N–H and O–H groups in total. The molecule has 0 amide bonds. The Hall–Kier alpha value is -2.13. The first-order valence-electron chi connectivity index (χ1n) is 7.32. The highest BCUT2D eigenvalue weighted by Crippen LogP contribution is 2.44. The molecule has 1 nitrogen and oxygen atoms in total. The molecule has 0 bridgehead atoms. The molecular formula is C20H17ClNP. The number of benzene rings is 2. The van der Waals surface area contributed by atoms with Crippen molar-refractivity contribution >= 4 is 18.5 Å². The number of nitriles is 1. The highest BCUT2D eigenvalue weighted by atomic mass is 35.5. The summed E-state index contributed by atoms with van der Waals surface area (Å²) in [5, 5.41) is 11.8. The standard InChI is InChI=1S/C20H16NP.ClH/c21-16-15-17-9-7-8-14-20(17)22(18-10-3-1-4-11-18)19-12-5-2-6-13-19;/h1-15,20H;1H. The zero-order valence-electron chi connectivity index (χ0n) is 12.6. The summed E-state index contributed by atoms with van der Waals surface area (Å²) in [4.78, 5) is 0. The van der Waals surface area contributed by atoms with Crippen LogP contribution >= 0.6 is 7.92 Å². The highest BCUT2D eigenvalue weighted by Gasteiger charge is 2.33. The lowest BCUT2D eigenvalue weighted by atomic mass is 10.1. The third-order valence-electron chi connectivity index (χ3n) is 3.77. The molecule has 0 aliphatic heterocycles. The van der Waals surface area contributed by atoms with Crippen LogP contribution in [0.5, 0.6) is 0 Å². The van der Waals surface area contributed by atoms with Crippen molar-refractivity contribution in [2.75, 3.05) is 0 Å². The predicted octanol–water partition coefficient (Wildman–Crippen LogP) is 0.800. The molecule has 1 unspecified atom stereocenters. The number of nitrogens with zero attached hydrogens (tertiary/aromatic N) is 1. The van der Waals surface area contributed by atoms with Gasteiger partial charge in [-0.3, -0.25) is 0 Å². The van der Waals surface area contributed by atoms with Crippen LogP contribution in [-0.2, 0) is 0 Å². The summed E-state index contributed by atoms with van der Waals surface area (Å²) in [5.74, 6) is 0. The first-order chi connectivity index (χ1) is 10.9. The molecule has 2 aromatic carbocycles. The fraction of sp³-hybridized carbons (Fsp3) is 0.0500. The van der Waals surface area contributed by atoms with Gasteiger partial charge in [0, 0.05) is 11.6 Å². The number of hydrogen-bond acceptors (Lipinski definition) is 1. The fourth-order valence-corrected chi connectivity index (χ4v) is 5.76. The lowest BCUT2D eigenvalue weighted by Gasteiger charge is -2.21. The molecule has 23 heavy (non-hydrogen) atoms. The van der Waals surface area contributed by atoms with Gasteiger partial charge in [0.2, 0.25) is 0 Å². The average molecular weight is 338 g/mol. The van der Waals surface area contributed by atoms with Crippen molar-refractivity contribution in [3.8, 4) is 6.07 Å². The Kier molecular flexibility index (Phi) is 6.36. The maximum absolute atomic E-state index is 9.09. The smallest absolute Gasteiger partial charge is 0.121 e. The maximum Gasteiger partial charge on any atom is 0.121 e. The minimum Gasteiger partial charge on any atom is -1.00 e. The van der Waals surface area contributed by atoms with Crippen LogP contribution in [0.1, 0.15) is 0 Å². The molecule has 0 fully saturated rings. The Morgan fingerprint density at radius 2 is 1.43 bits per heavy atom. The summed E-state index contributed by atoms with van der Waals surface area (Å²) in [6.07, 6.45) is 10.1. The number of halogens is 1. The molecule has 114 valence electrons. The van der Waals surface area contributed by atoms with Crippen LogP contribution in [-0.4, -0.2) is 5.66 Å². The van der Waals surface area contributed by atoms with Gasteiger partial charge in [0.15, 0.2) is 0 Å². The molecule has 3 heteroatoms. The van der Waals surface area contributed by atoms with Gasteiger partial charge in [-0.15, -0.1) is 0 Å². The first-order valence-corrected chi connectivity index (χ1v) is 8.90. The van der Waals surface area contributed by atoms with Crippen LogP contribution in [0.2, 0.25) is 0 Å². The van der Waals surface area contributed by atoms with Crippen molar-refractivity contribution in [1.82, 2.24) is 0 Å². The lowest BCUT2D eigenvalue weighted by Crippen LogP contribution is -3.00. The van der Waals surface area contributed by atoms with Crippen LogP contribution in [0.4, 0.5) is 0 Å². The maximum atomic E-state index is 9.09. The number of allylic oxidation sites excluding steroid dienone is 6. The summed E-state index contributed by atoms with van der Waals surface area (Å²) in [6, 6.07) is 23.5. The fourth-order valence-electron chi connectivity index (χ4n) is 2.79. The van der Waals surface area contributed by atoms with Crippen molar-refractivity contribution < 1.29 is 12.4 Å². The summed E-state index contributed by atoms with van der Waals surface area (Å²) >= 11 is 0. The van der Waals surface area contributed by atoms with E-state index in [-0.39, 0.29) is 18.1 Å². The van der Waals surface area contributed by atoms with Crippen molar-refractivity contribution in [3.63, 3.8) is 0 Å². The minimum absolute atomic E-state index is 0. The average Bonchev–Trinajstić information content (AvgIpc) is 2.59. The van der Waals surface area contributed by atoms with Gasteiger partial charge < -0.3 is 12.4 Å². The van der Waals surface area contributed by atoms with Crippen LogP contribution in [0, 0.1) is 11.3 Å². The van der Waals surface area contributed by atoms with E-state index in [1.807, 2.05) is 6.08 Å². The van der Waals surface area contributed by atoms with Gasteiger partial charge in [0.1, 0.15) is 5.66 Å². The van der Waals surface area contributed by atoms with Gasteiger partial charge in [-0.25, -0.2) is 0 Å². The van der Waals surface area contributed by atoms with Gasteiger partial charge >= 0.3 is 0 Å². The van der Waals surface area contributed by atoms with Crippen molar-refractivity contribution in [3.05, 3.63) is 96.6 Å². The number of hydrogen-bond donors (Lipinski definition) is 0. The zero-order valence-corrected chi connectivity index (χ0v) is 14.3. The highest BCUT2D eigenvalue weighted by molar-refractivity contribution is 7.74. The second-order valence-electron chi connectivity index (χ2n) is 5.14. The van der Waals surface area contributed by atoms with E-state index < -0.39 is 7.92 Å². The molecule has 0 saturated carbocycles.